The molecule has 0 aromatic carbocycles. The van der Waals surface area contributed by atoms with Gasteiger partial charge in [-0.2, -0.15) is 0 Å². The highest BCUT2D eigenvalue weighted by Gasteiger charge is 2.06. The van der Waals surface area contributed by atoms with Crippen LogP contribution in [0.4, 0.5) is 5.82 Å². The third-order valence-electron chi connectivity index (χ3n) is 1.94. The van der Waals surface area contributed by atoms with Crippen molar-refractivity contribution in [1.82, 2.24) is 15.0 Å². The Hall–Kier alpha value is -1.68. The lowest BCUT2D eigenvalue weighted by atomic mass is 10.1. The molecule has 0 aliphatic carbocycles. The second-order valence-electron chi connectivity index (χ2n) is 3.11. The van der Waals surface area contributed by atoms with Gasteiger partial charge in [0.1, 0.15) is 16.7 Å². The average Bonchev–Trinajstić information content (AvgIpc) is 2.22. The predicted octanol–water partition coefficient (Wildman–Crippen LogP) is 2.08. The van der Waals surface area contributed by atoms with Crippen molar-refractivity contribution in [3.05, 3.63) is 35.4 Å². The zero-order valence-corrected chi connectivity index (χ0v) is 8.86. The number of nitrogens with zero attached hydrogens (tertiary/aromatic N) is 3. The van der Waals surface area contributed by atoms with Crippen molar-refractivity contribution in [2.45, 2.75) is 6.92 Å². The Morgan fingerprint density at radius 1 is 1.33 bits per heavy atom. The molecule has 0 spiro atoms. The molecule has 2 aromatic rings. The summed E-state index contributed by atoms with van der Waals surface area (Å²) in [5, 5.41) is 0.327. The van der Waals surface area contributed by atoms with E-state index in [0.717, 1.165) is 11.3 Å². The van der Waals surface area contributed by atoms with Crippen LogP contribution in [0, 0.1) is 6.92 Å². The summed E-state index contributed by atoms with van der Waals surface area (Å²) in [5.41, 5.74) is 8.08. The maximum atomic E-state index is 5.76. The van der Waals surface area contributed by atoms with Crippen molar-refractivity contribution in [1.29, 1.82) is 0 Å². The van der Waals surface area contributed by atoms with E-state index in [9.17, 15) is 0 Å². The van der Waals surface area contributed by atoms with Crippen LogP contribution in [0.3, 0.4) is 0 Å². The molecule has 0 bridgehead atoms. The smallest absolute Gasteiger partial charge is 0.150 e. The molecule has 0 saturated heterocycles. The minimum atomic E-state index is 0.327. The van der Waals surface area contributed by atoms with Gasteiger partial charge in [0, 0.05) is 17.5 Å². The van der Waals surface area contributed by atoms with E-state index < -0.39 is 0 Å². The van der Waals surface area contributed by atoms with E-state index in [2.05, 4.69) is 15.0 Å². The lowest BCUT2D eigenvalue weighted by Gasteiger charge is -2.04. The Balaban J connectivity index is 2.58. The van der Waals surface area contributed by atoms with Gasteiger partial charge in [0.05, 0.1) is 6.20 Å². The van der Waals surface area contributed by atoms with Crippen LogP contribution in [0.25, 0.3) is 11.3 Å². The number of nitrogens with two attached hydrogens (primary N) is 1. The number of hydrogen-bond acceptors (Lipinski definition) is 4. The second kappa shape index (κ2) is 3.82. The number of hydrogen-bond donors (Lipinski definition) is 1. The molecule has 0 saturated carbocycles. The minimum Gasteiger partial charge on any atom is -0.382 e. The van der Waals surface area contributed by atoms with Crippen molar-refractivity contribution < 1.29 is 0 Å². The fourth-order valence-corrected chi connectivity index (χ4v) is 1.42. The molecule has 0 unspecified atom stereocenters. The highest BCUT2D eigenvalue weighted by molar-refractivity contribution is 6.29. The molecule has 76 valence electrons. The van der Waals surface area contributed by atoms with Crippen molar-refractivity contribution in [3.63, 3.8) is 0 Å². The maximum absolute atomic E-state index is 5.76. The van der Waals surface area contributed by atoms with Gasteiger partial charge in [-0.25, -0.2) is 9.97 Å². The second-order valence-corrected chi connectivity index (χ2v) is 3.50. The number of rotatable bonds is 1. The van der Waals surface area contributed by atoms with Crippen LogP contribution in [-0.4, -0.2) is 15.0 Å². The molecule has 0 aliphatic heterocycles. The molecule has 5 heteroatoms. The molecule has 2 N–H and O–H groups in total. The molecule has 2 heterocycles. The fourth-order valence-electron chi connectivity index (χ4n) is 1.28. The Morgan fingerprint density at radius 2 is 2.13 bits per heavy atom. The summed E-state index contributed by atoms with van der Waals surface area (Å²) in [6.45, 7) is 1.90. The highest BCUT2D eigenvalue weighted by Crippen LogP contribution is 2.23. The third-order valence-corrected chi connectivity index (χ3v) is 2.12. The summed E-state index contributed by atoms with van der Waals surface area (Å²) in [5.74, 6) is 0.366. The van der Waals surface area contributed by atoms with Crippen LogP contribution in [0.1, 0.15) is 5.69 Å². The summed E-state index contributed by atoms with van der Waals surface area (Å²) in [7, 11) is 0. The normalized spacial score (nSPS) is 10.3. The van der Waals surface area contributed by atoms with Gasteiger partial charge < -0.3 is 5.73 Å². The largest absolute Gasteiger partial charge is 0.382 e. The van der Waals surface area contributed by atoms with Gasteiger partial charge in [-0.05, 0) is 19.1 Å². The summed E-state index contributed by atoms with van der Waals surface area (Å²) in [4.78, 5) is 12.2. The molecule has 0 fully saturated rings. The quantitative estimate of drug-likeness (QED) is 0.799. The molecule has 15 heavy (non-hydrogen) atoms. The van der Waals surface area contributed by atoms with Gasteiger partial charge in [0.15, 0.2) is 0 Å². The Bertz CT molecular complexity index is 499. The number of anilines is 1. The Kier molecular flexibility index (Phi) is 2.51. The average molecular weight is 221 g/mol. The first-order valence-corrected chi connectivity index (χ1v) is 4.75. The van der Waals surface area contributed by atoms with Crippen LogP contribution in [-0.2, 0) is 0 Å². The summed E-state index contributed by atoms with van der Waals surface area (Å²) < 4.78 is 0. The highest BCUT2D eigenvalue weighted by atomic mass is 35.5. The number of pyridine rings is 1. The van der Waals surface area contributed by atoms with Crippen molar-refractivity contribution in [3.8, 4) is 11.3 Å². The maximum Gasteiger partial charge on any atom is 0.150 e. The zero-order chi connectivity index (χ0) is 10.8. The molecule has 4 nitrogen and oxygen atoms in total. The van der Waals surface area contributed by atoms with Gasteiger partial charge in [-0.3, -0.25) is 4.98 Å². The van der Waals surface area contributed by atoms with Crippen molar-refractivity contribution >= 4 is 17.4 Å². The number of nitrogen functional groups attached to an aromatic ring is 1. The summed E-state index contributed by atoms with van der Waals surface area (Å²) in [6.07, 6.45) is 3.13. The van der Waals surface area contributed by atoms with Gasteiger partial charge in [-0.1, -0.05) is 11.6 Å². The first-order chi connectivity index (χ1) is 7.16. The first-order valence-electron chi connectivity index (χ1n) is 4.38. The number of halogens is 1. The zero-order valence-electron chi connectivity index (χ0n) is 8.11. The molecule has 0 aliphatic rings. The molecule has 2 rings (SSSR count). The molecular weight excluding hydrogens is 212 g/mol. The van der Waals surface area contributed by atoms with Crippen LogP contribution >= 0.6 is 11.6 Å². The molecule has 0 atom stereocenters. The SMILES string of the molecule is Cc1cc(-c2nc(Cl)cnc2N)ccn1. The van der Waals surface area contributed by atoms with E-state index in [-0.39, 0.29) is 0 Å². The van der Waals surface area contributed by atoms with Crippen molar-refractivity contribution in [2.24, 2.45) is 0 Å². The Morgan fingerprint density at radius 3 is 2.87 bits per heavy atom. The molecule has 2 aromatic heterocycles. The van der Waals surface area contributed by atoms with Gasteiger partial charge in [0.2, 0.25) is 0 Å². The standard InChI is InChI=1S/C10H9ClN4/c1-6-4-7(2-3-13-6)9-10(12)14-5-8(11)15-9/h2-5H,1H3,(H2,12,14). The van der Waals surface area contributed by atoms with E-state index in [0.29, 0.717) is 16.7 Å². The summed E-state index contributed by atoms with van der Waals surface area (Å²) >= 11 is 5.76. The Labute approximate surface area is 92.2 Å². The topological polar surface area (TPSA) is 64.7 Å². The van der Waals surface area contributed by atoms with Crippen LogP contribution in [0.15, 0.2) is 24.5 Å². The van der Waals surface area contributed by atoms with E-state index in [1.165, 1.54) is 6.20 Å². The van der Waals surface area contributed by atoms with E-state index in [4.69, 9.17) is 17.3 Å². The number of aryl methyl sites for hydroxylation is 1. The lowest BCUT2D eigenvalue weighted by Crippen LogP contribution is -1.97. The van der Waals surface area contributed by atoms with Crippen LogP contribution in [0.2, 0.25) is 5.15 Å². The van der Waals surface area contributed by atoms with Gasteiger partial charge >= 0.3 is 0 Å². The number of aromatic nitrogens is 3. The van der Waals surface area contributed by atoms with E-state index in [1.807, 2.05) is 19.1 Å². The molecule has 0 amide bonds. The predicted molar refractivity (Wildman–Crippen MR) is 59.4 cm³/mol. The monoisotopic (exact) mass is 220 g/mol. The third kappa shape index (κ3) is 2.05. The van der Waals surface area contributed by atoms with Gasteiger partial charge in [-0.15, -0.1) is 0 Å². The fraction of sp³-hybridized carbons (Fsp3) is 0.100. The first kappa shape index (κ1) is 9.86. The minimum absolute atomic E-state index is 0.327. The summed E-state index contributed by atoms with van der Waals surface area (Å²) in [6, 6.07) is 3.71. The van der Waals surface area contributed by atoms with Crippen LogP contribution in [0.5, 0.6) is 0 Å². The lowest BCUT2D eigenvalue weighted by molar-refractivity contribution is 1.18. The van der Waals surface area contributed by atoms with E-state index >= 15 is 0 Å². The van der Waals surface area contributed by atoms with E-state index in [1.54, 1.807) is 6.20 Å². The van der Waals surface area contributed by atoms with Crippen LogP contribution < -0.4 is 5.73 Å². The molecular formula is C10H9ClN4. The van der Waals surface area contributed by atoms with Crippen molar-refractivity contribution in [2.75, 3.05) is 5.73 Å². The van der Waals surface area contributed by atoms with Gasteiger partial charge in [0.25, 0.3) is 0 Å². The molecule has 0 radical (unpaired) electrons.